The number of aromatic hydroxyl groups is 1. The topological polar surface area (TPSA) is 79.5 Å². The molecule has 6 heteroatoms. The normalized spacial score (nSPS) is 11.0. The number of carbonyl (C=O) groups is 1. The van der Waals surface area contributed by atoms with Crippen LogP contribution in [0.3, 0.4) is 0 Å². The number of carbonyl (C=O) groups excluding carboxylic acids is 1. The Morgan fingerprint density at radius 2 is 2.00 bits per heavy atom. The standard InChI is InChI=1S/C23H24N4O2/c1-4-6-19-7-5-8-21(22(19)28)14-24-25-23(29)20-11-9-18(10-12-20)15-27-17(3)13-16(2)26-27/h4-5,7-14,28H,1,6,15H2,2-3H3,(H,25,29). The number of hydrogen-bond acceptors (Lipinski definition) is 4. The van der Waals surface area contributed by atoms with E-state index in [1.807, 2.05) is 48.9 Å². The Bertz CT molecular complexity index is 1050. The second-order valence-electron chi connectivity index (χ2n) is 6.83. The lowest BCUT2D eigenvalue weighted by atomic mass is 10.1. The molecule has 0 atom stereocenters. The van der Waals surface area contributed by atoms with Crippen molar-refractivity contribution in [3.05, 3.63) is 94.8 Å². The Hall–Kier alpha value is -3.67. The number of amides is 1. The Morgan fingerprint density at radius 3 is 2.66 bits per heavy atom. The van der Waals surface area contributed by atoms with Crippen molar-refractivity contribution in [2.24, 2.45) is 5.10 Å². The van der Waals surface area contributed by atoms with Crippen LogP contribution in [0.25, 0.3) is 0 Å². The van der Waals surface area contributed by atoms with Crippen LogP contribution in [-0.2, 0) is 13.0 Å². The van der Waals surface area contributed by atoms with Gasteiger partial charge in [-0.05, 0) is 55.7 Å². The third-order valence-corrected chi connectivity index (χ3v) is 4.54. The fourth-order valence-corrected chi connectivity index (χ4v) is 3.03. The fourth-order valence-electron chi connectivity index (χ4n) is 3.03. The molecule has 0 aliphatic carbocycles. The van der Waals surface area contributed by atoms with Gasteiger partial charge in [0.15, 0.2) is 0 Å². The summed E-state index contributed by atoms with van der Waals surface area (Å²) in [6.07, 6.45) is 3.71. The van der Waals surface area contributed by atoms with Crippen molar-refractivity contribution in [2.45, 2.75) is 26.8 Å². The minimum absolute atomic E-state index is 0.138. The minimum Gasteiger partial charge on any atom is -0.507 e. The molecule has 0 aliphatic heterocycles. The predicted molar refractivity (Wildman–Crippen MR) is 114 cm³/mol. The summed E-state index contributed by atoms with van der Waals surface area (Å²) in [5, 5.41) is 18.6. The molecular weight excluding hydrogens is 364 g/mol. The number of aromatic nitrogens is 2. The Balaban J connectivity index is 1.62. The van der Waals surface area contributed by atoms with Crippen LogP contribution >= 0.6 is 0 Å². The van der Waals surface area contributed by atoms with E-state index >= 15 is 0 Å². The summed E-state index contributed by atoms with van der Waals surface area (Å²) < 4.78 is 1.93. The molecular formula is C23H24N4O2. The minimum atomic E-state index is -0.319. The molecule has 1 aromatic heterocycles. The molecule has 3 rings (SSSR count). The predicted octanol–water partition coefficient (Wildman–Crippen LogP) is 3.75. The van der Waals surface area contributed by atoms with Crippen LogP contribution in [0.2, 0.25) is 0 Å². The number of phenolic OH excluding ortho intramolecular Hbond substituents is 1. The SMILES string of the molecule is C=CCc1cccc(C=NNC(=O)c2ccc(Cn3nc(C)cc3C)cc2)c1O. The molecule has 0 aliphatic rings. The van der Waals surface area contributed by atoms with Gasteiger partial charge in [-0.1, -0.05) is 30.3 Å². The highest BCUT2D eigenvalue weighted by Gasteiger charge is 2.07. The molecule has 6 nitrogen and oxygen atoms in total. The largest absolute Gasteiger partial charge is 0.507 e. The van der Waals surface area contributed by atoms with E-state index < -0.39 is 0 Å². The first-order valence-electron chi connectivity index (χ1n) is 9.33. The lowest BCUT2D eigenvalue weighted by Gasteiger charge is -2.06. The van der Waals surface area contributed by atoms with E-state index in [-0.39, 0.29) is 11.7 Å². The van der Waals surface area contributed by atoms with Crippen LogP contribution in [0.5, 0.6) is 5.75 Å². The molecule has 1 heterocycles. The van der Waals surface area contributed by atoms with Gasteiger partial charge in [-0.25, -0.2) is 5.43 Å². The third kappa shape index (κ3) is 4.99. The maximum absolute atomic E-state index is 12.3. The number of hydrazone groups is 1. The Morgan fingerprint density at radius 1 is 1.24 bits per heavy atom. The lowest BCUT2D eigenvalue weighted by Crippen LogP contribution is -2.17. The average Bonchev–Trinajstić information content (AvgIpc) is 3.02. The molecule has 1 amide bonds. The first-order valence-corrected chi connectivity index (χ1v) is 9.33. The van der Waals surface area contributed by atoms with Gasteiger partial charge in [0.05, 0.1) is 18.5 Å². The summed E-state index contributed by atoms with van der Waals surface area (Å²) in [6.45, 7) is 8.31. The molecule has 148 valence electrons. The highest BCUT2D eigenvalue weighted by atomic mass is 16.3. The summed E-state index contributed by atoms with van der Waals surface area (Å²) in [5.41, 5.74) is 7.42. The number of allylic oxidation sites excluding steroid dienone is 1. The number of para-hydroxylation sites is 1. The van der Waals surface area contributed by atoms with Gasteiger partial charge < -0.3 is 5.11 Å². The molecule has 0 saturated heterocycles. The summed E-state index contributed by atoms with van der Waals surface area (Å²) in [6, 6.07) is 14.7. The molecule has 0 fully saturated rings. The zero-order valence-corrected chi connectivity index (χ0v) is 16.6. The first-order chi connectivity index (χ1) is 14.0. The fraction of sp³-hybridized carbons (Fsp3) is 0.174. The second kappa shape index (κ2) is 9.01. The van der Waals surface area contributed by atoms with Gasteiger partial charge in [-0.3, -0.25) is 9.48 Å². The van der Waals surface area contributed by atoms with Gasteiger partial charge in [0.25, 0.3) is 5.91 Å². The number of aryl methyl sites for hydroxylation is 2. The molecule has 3 aromatic rings. The first kappa shape index (κ1) is 20.1. The van der Waals surface area contributed by atoms with Crippen LogP contribution in [-0.4, -0.2) is 27.0 Å². The van der Waals surface area contributed by atoms with Crippen molar-refractivity contribution in [3.8, 4) is 5.75 Å². The Kier molecular flexibility index (Phi) is 6.24. The number of nitrogens with zero attached hydrogens (tertiary/aromatic N) is 3. The van der Waals surface area contributed by atoms with E-state index in [0.717, 1.165) is 22.5 Å². The summed E-state index contributed by atoms with van der Waals surface area (Å²) in [5.74, 6) is -0.181. The molecule has 0 spiro atoms. The highest BCUT2D eigenvalue weighted by molar-refractivity contribution is 5.95. The second-order valence-corrected chi connectivity index (χ2v) is 6.83. The number of nitrogens with one attached hydrogen (secondary N) is 1. The zero-order valence-electron chi connectivity index (χ0n) is 16.6. The van der Waals surface area contributed by atoms with Gasteiger partial charge in [-0.15, -0.1) is 6.58 Å². The third-order valence-electron chi connectivity index (χ3n) is 4.54. The van der Waals surface area contributed by atoms with E-state index in [2.05, 4.69) is 22.2 Å². The molecule has 0 saturated carbocycles. The van der Waals surface area contributed by atoms with Crippen LogP contribution in [0, 0.1) is 13.8 Å². The van der Waals surface area contributed by atoms with Crippen molar-refractivity contribution in [1.29, 1.82) is 0 Å². The monoisotopic (exact) mass is 388 g/mol. The quantitative estimate of drug-likeness (QED) is 0.368. The van der Waals surface area contributed by atoms with Crippen LogP contribution < -0.4 is 5.43 Å². The van der Waals surface area contributed by atoms with Crippen molar-refractivity contribution >= 4 is 12.1 Å². The number of benzene rings is 2. The average molecular weight is 388 g/mol. The van der Waals surface area contributed by atoms with Gasteiger partial charge in [0, 0.05) is 16.8 Å². The molecule has 0 radical (unpaired) electrons. The molecule has 29 heavy (non-hydrogen) atoms. The lowest BCUT2D eigenvalue weighted by molar-refractivity contribution is 0.0955. The number of phenols is 1. The smallest absolute Gasteiger partial charge is 0.271 e. The number of rotatable bonds is 7. The van der Waals surface area contributed by atoms with E-state index in [1.165, 1.54) is 6.21 Å². The molecule has 0 unspecified atom stereocenters. The van der Waals surface area contributed by atoms with Gasteiger partial charge >= 0.3 is 0 Å². The van der Waals surface area contributed by atoms with E-state index in [9.17, 15) is 9.90 Å². The van der Waals surface area contributed by atoms with Crippen molar-refractivity contribution < 1.29 is 9.90 Å². The van der Waals surface area contributed by atoms with Crippen LogP contribution in [0.15, 0.2) is 66.3 Å². The summed E-state index contributed by atoms with van der Waals surface area (Å²) in [4.78, 5) is 12.3. The summed E-state index contributed by atoms with van der Waals surface area (Å²) >= 11 is 0. The van der Waals surface area contributed by atoms with Crippen molar-refractivity contribution in [2.75, 3.05) is 0 Å². The van der Waals surface area contributed by atoms with Gasteiger partial charge in [0.1, 0.15) is 5.75 Å². The van der Waals surface area contributed by atoms with E-state index in [1.54, 1.807) is 24.3 Å². The van der Waals surface area contributed by atoms with Crippen molar-refractivity contribution in [3.63, 3.8) is 0 Å². The molecule has 2 aromatic carbocycles. The van der Waals surface area contributed by atoms with Gasteiger partial charge in [0.2, 0.25) is 0 Å². The van der Waals surface area contributed by atoms with Crippen molar-refractivity contribution in [1.82, 2.24) is 15.2 Å². The molecule has 2 N–H and O–H groups in total. The van der Waals surface area contributed by atoms with Crippen LogP contribution in [0.4, 0.5) is 0 Å². The van der Waals surface area contributed by atoms with Crippen LogP contribution in [0.1, 0.15) is 38.4 Å². The maximum Gasteiger partial charge on any atom is 0.271 e. The molecule has 0 bridgehead atoms. The Labute approximate surface area is 170 Å². The zero-order chi connectivity index (χ0) is 20.8. The van der Waals surface area contributed by atoms with E-state index in [0.29, 0.717) is 24.1 Å². The van der Waals surface area contributed by atoms with E-state index in [4.69, 9.17) is 0 Å². The number of hydrogen-bond donors (Lipinski definition) is 2. The maximum atomic E-state index is 12.3. The van der Waals surface area contributed by atoms with Gasteiger partial charge in [-0.2, -0.15) is 10.2 Å². The highest BCUT2D eigenvalue weighted by Crippen LogP contribution is 2.21. The summed E-state index contributed by atoms with van der Waals surface area (Å²) in [7, 11) is 0.